The monoisotopic (exact) mass is 397 g/mol. The normalized spacial score (nSPS) is 10.5. The predicted molar refractivity (Wildman–Crippen MR) is 109 cm³/mol. The van der Waals surface area contributed by atoms with E-state index in [1.807, 2.05) is 31.2 Å². The number of hydrogen-bond acceptors (Lipinski definition) is 4. The van der Waals surface area contributed by atoms with Crippen LogP contribution in [0.2, 0.25) is 5.02 Å². The van der Waals surface area contributed by atoms with Crippen molar-refractivity contribution in [1.29, 1.82) is 0 Å². The fourth-order valence-electron chi connectivity index (χ4n) is 2.74. The van der Waals surface area contributed by atoms with Crippen molar-refractivity contribution in [3.05, 3.63) is 70.5 Å². The minimum atomic E-state index is -0.436. The lowest BCUT2D eigenvalue weighted by molar-refractivity contribution is -0.117. The van der Waals surface area contributed by atoms with Crippen LogP contribution < -0.4 is 10.6 Å². The number of halogens is 1. The zero-order valence-electron chi connectivity index (χ0n) is 15.6. The molecule has 144 valence electrons. The van der Waals surface area contributed by atoms with E-state index < -0.39 is 5.91 Å². The highest BCUT2D eigenvalue weighted by atomic mass is 35.5. The zero-order chi connectivity index (χ0) is 20.1. The standard InChI is InChI=1S/C20H20ClN5O2/c1-3-14-8-4-6-10-16(14)22-18(27)12-26-13(2)19(24-25-26)20(28)23-17-11-7-5-9-15(17)21/h4-11H,3,12H2,1-2H3,(H,22,27)(H,23,28). The van der Waals surface area contributed by atoms with Crippen molar-refractivity contribution in [3.8, 4) is 0 Å². The molecule has 8 heteroatoms. The van der Waals surface area contributed by atoms with Gasteiger partial charge in [0.15, 0.2) is 5.69 Å². The number of nitrogens with zero attached hydrogens (tertiary/aromatic N) is 3. The third-order valence-electron chi connectivity index (χ3n) is 4.29. The Morgan fingerprint density at radius 1 is 1.04 bits per heavy atom. The summed E-state index contributed by atoms with van der Waals surface area (Å²) in [4.78, 5) is 24.9. The van der Waals surface area contributed by atoms with Crippen molar-refractivity contribution in [2.75, 3.05) is 10.6 Å². The fourth-order valence-corrected chi connectivity index (χ4v) is 2.92. The number of hydrogen-bond donors (Lipinski definition) is 2. The second-order valence-corrected chi connectivity index (χ2v) is 6.58. The molecule has 0 bridgehead atoms. The summed E-state index contributed by atoms with van der Waals surface area (Å²) >= 11 is 6.06. The summed E-state index contributed by atoms with van der Waals surface area (Å²) < 4.78 is 1.39. The van der Waals surface area contributed by atoms with Gasteiger partial charge >= 0.3 is 0 Å². The van der Waals surface area contributed by atoms with Crippen molar-refractivity contribution in [2.24, 2.45) is 0 Å². The molecule has 7 nitrogen and oxygen atoms in total. The predicted octanol–water partition coefficient (Wildman–Crippen LogP) is 3.69. The minimum Gasteiger partial charge on any atom is -0.324 e. The van der Waals surface area contributed by atoms with Crippen LogP contribution in [0.1, 0.15) is 28.7 Å². The summed E-state index contributed by atoms with van der Waals surface area (Å²) in [7, 11) is 0. The maximum absolute atomic E-state index is 12.5. The maximum atomic E-state index is 12.5. The molecule has 0 saturated carbocycles. The molecule has 1 heterocycles. The molecule has 3 aromatic rings. The molecule has 28 heavy (non-hydrogen) atoms. The van der Waals surface area contributed by atoms with E-state index in [1.54, 1.807) is 31.2 Å². The van der Waals surface area contributed by atoms with Crippen LogP contribution in [-0.2, 0) is 17.8 Å². The molecule has 2 amide bonds. The van der Waals surface area contributed by atoms with Gasteiger partial charge in [-0.2, -0.15) is 0 Å². The number of para-hydroxylation sites is 2. The Balaban J connectivity index is 1.69. The first-order chi connectivity index (χ1) is 13.5. The minimum absolute atomic E-state index is 0.0454. The van der Waals surface area contributed by atoms with Gasteiger partial charge in [-0.1, -0.05) is 54.1 Å². The van der Waals surface area contributed by atoms with E-state index in [0.717, 1.165) is 17.7 Å². The van der Waals surface area contributed by atoms with Crippen molar-refractivity contribution in [3.63, 3.8) is 0 Å². The average Bonchev–Trinajstić information content (AvgIpc) is 3.04. The topological polar surface area (TPSA) is 88.9 Å². The lowest BCUT2D eigenvalue weighted by atomic mass is 10.1. The van der Waals surface area contributed by atoms with Crippen LogP contribution >= 0.6 is 11.6 Å². The first-order valence-electron chi connectivity index (χ1n) is 8.83. The second-order valence-electron chi connectivity index (χ2n) is 6.17. The van der Waals surface area contributed by atoms with Crippen LogP contribution in [0.3, 0.4) is 0 Å². The van der Waals surface area contributed by atoms with Gasteiger partial charge < -0.3 is 10.6 Å². The first-order valence-corrected chi connectivity index (χ1v) is 9.21. The van der Waals surface area contributed by atoms with Crippen LogP contribution in [0, 0.1) is 6.92 Å². The maximum Gasteiger partial charge on any atom is 0.278 e. The van der Waals surface area contributed by atoms with Crippen LogP contribution in [0.15, 0.2) is 48.5 Å². The van der Waals surface area contributed by atoms with E-state index in [-0.39, 0.29) is 18.1 Å². The highest BCUT2D eigenvalue weighted by Gasteiger charge is 2.19. The Morgan fingerprint density at radius 3 is 2.43 bits per heavy atom. The summed E-state index contributed by atoms with van der Waals surface area (Å²) in [5.74, 6) is -0.680. The molecule has 0 radical (unpaired) electrons. The summed E-state index contributed by atoms with van der Waals surface area (Å²) in [5, 5.41) is 13.9. The van der Waals surface area contributed by atoms with Gasteiger partial charge in [-0.3, -0.25) is 9.59 Å². The molecule has 0 aliphatic carbocycles. The van der Waals surface area contributed by atoms with Gasteiger partial charge in [0, 0.05) is 5.69 Å². The Labute approximate surface area is 167 Å². The number of nitrogens with one attached hydrogen (secondary N) is 2. The number of rotatable bonds is 6. The van der Waals surface area contributed by atoms with Gasteiger partial charge in [0.05, 0.1) is 16.4 Å². The van der Waals surface area contributed by atoms with E-state index in [9.17, 15) is 9.59 Å². The number of benzene rings is 2. The third kappa shape index (κ3) is 4.37. The molecule has 1 aromatic heterocycles. The van der Waals surface area contributed by atoms with Crippen LogP contribution in [0.4, 0.5) is 11.4 Å². The van der Waals surface area contributed by atoms with Gasteiger partial charge in [0.25, 0.3) is 5.91 Å². The largest absolute Gasteiger partial charge is 0.324 e. The third-order valence-corrected chi connectivity index (χ3v) is 4.62. The van der Waals surface area contributed by atoms with Crippen molar-refractivity contribution in [1.82, 2.24) is 15.0 Å². The average molecular weight is 398 g/mol. The molecule has 2 N–H and O–H groups in total. The van der Waals surface area contributed by atoms with Crippen molar-refractivity contribution < 1.29 is 9.59 Å². The smallest absolute Gasteiger partial charge is 0.278 e. The summed E-state index contributed by atoms with van der Waals surface area (Å²) in [6.07, 6.45) is 0.811. The quantitative estimate of drug-likeness (QED) is 0.663. The highest BCUT2D eigenvalue weighted by molar-refractivity contribution is 6.33. The molecule has 2 aromatic carbocycles. The molecular formula is C20H20ClN5O2. The van der Waals surface area contributed by atoms with Crippen LogP contribution in [-0.4, -0.2) is 26.8 Å². The van der Waals surface area contributed by atoms with Gasteiger partial charge in [-0.25, -0.2) is 4.68 Å². The number of amides is 2. The van der Waals surface area contributed by atoms with Gasteiger partial charge in [-0.15, -0.1) is 5.10 Å². The van der Waals surface area contributed by atoms with E-state index in [4.69, 9.17) is 11.6 Å². The number of carbonyl (C=O) groups is 2. The summed E-state index contributed by atoms with van der Waals surface area (Å²) in [6, 6.07) is 14.5. The molecule has 0 fully saturated rings. The number of aryl methyl sites for hydroxylation is 1. The molecule has 0 saturated heterocycles. The Kier molecular flexibility index (Phi) is 6.06. The van der Waals surface area contributed by atoms with Crippen LogP contribution in [0.5, 0.6) is 0 Å². The lowest BCUT2D eigenvalue weighted by Crippen LogP contribution is -2.21. The number of anilines is 2. The summed E-state index contributed by atoms with van der Waals surface area (Å²) in [5.41, 5.74) is 2.93. The zero-order valence-corrected chi connectivity index (χ0v) is 16.3. The molecule has 0 aliphatic rings. The molecule has 0 aliphatic heterocycles. The van der Waals surface area contributed by atoms with Gasteiger partial charge in [0.2, 0.25) is 5.91 Å². The van der Waals surface area contributed by atoms with Gasteiger partial charge in [-0.05, 0) is 37.1 Å². The van der Waals surface area contributed by atoms with Gasteiger partial charge in [0.1, 0.15) is 6.54 Å². The Bertz CT molecular complexity index is 1020. The number of aromatic nitrogens is 3. The molecule has 0 spiro atoms. The molecule has 3 rings (SSSR count). The first kappa shape index (κ1) is 19.6. The highest BCUT2D eigenvalue weighted by Crippen LogP contribution is 2.21. The molecule has 0 atom stereocenters. The molecule has 0 unspecified atom stereocenters. The fraction of sp³-hybridized carbons (Fsp3) is 0.200. The number of carbonyl (C=O) groups excluding carboxylic acids is 2. The molecular weight excluding hydrogens is 378 g/mol. The summed E-state index contributed by atoms with van der Waals surface area (Å²) in [6.45, 7) is 3.67. The van der Waals surface area contributed by atoms with E-state index in [2.05, 4.69) is 20.9 Å². The second kappa shape index (κ2) is 8.67. The van der Waals surface area contributed by atoms with Crippen LogP contribution in [0.25, 0.3) is 0 Å². The van der Waals surface area contributed by atoms with E-state index >= 15 is 0 Å². The SMILES string of the molecule is CCc1ccccc1NC(=O)Cn1nnc(C(=O)Nc2ccccc2Cl)c1C. The lowest BCUT2D eigenvalue weighted by Gasteiger charge is -2.10. The van der Waals surface area contributed by atoms with Crippen molar-refractivity contribution in [2.45, 2.75) is 26.8 Å². The van der Waals surface area contributed by atoms with E-state index in [0.29, 0.717) is 16.4 Å². The van der Waals surface area contributed by atoms with E-state index in [1.165, 1.54) is 4.68 Å². The Morgan fingerprint density at radius 2 is 1.71 bits per heavy atom. The Hall–Kier alpha value is -3.19. The van der Waals surface area contributed by atoms with Crippen molar-refractivity contribution >= 4 is 34.8 Å².